The van der Waals surface area contributed by atoms with E-state index in [2.05, 4.69) is 16.0 Å². The second-order valence-corrected chi connectivity index (χ2v) is 8.16. The van der Waals surface area contributed by atoms with Crippen LogP contribution in [0.1, 0.15) is 29.8 Å². The highest BCUT2D eigenvalue weighted by Gasteiger charge is 2.17. The van der Waals surface area contributed by atoms with Gasteiger partial charge in [0.15, 0.2) is 0 Å². The highest BCUT2D eigenvalue weighted by atomic mass is 32.1. The maximum atomic E-state index is 12.7. The van der Waals surface area contributed by atoms with Crippen molar-refractivity contribution in [3.63, 3.8) is 0 Å². The van der Waals surface area contributed by atoms with Crippen molar-refractivity contribution in [3.8, 4) is 11.5 Å². The van der Waals surface area contributed by atoms with Crippen LogP contribution in [0.2, 0.25) is 0 Å². The molecule has 2 N–H and O–H groups in total. The van der Waals surface area contributed by atoms with Gasteiger partial charge in [0, 0.05) is 24.2 Å². The molecule has 3 rings (SSSR count). The van der Waals surface area contributed by atoms with Crippen LogP contribution in [0.3, 0.4) is 0 Å². The van der Waals surface area contributed by atoms with Gasteiger partial charge in [0.1, 0.15) is 11.5 Å². The van der Waals surface area contributed by atoms with Crippen molar-refractivity contribution < 1.29 is 19.1 Å². The van der Waals surface area contributed by atoms with Gasteiger partial charge >= 0.3 is 0 Å². The zero-order valence-corrected chi connectivity index (χ0v) is 19.9. The normalized spacial score (nSPS) is 10.7. The second kappa shape index (κ2) is 12.0. The first-order chi connectivity index (χ1) is 16.0. The van der Waals surface area contributed by atoms with E-state index in [4.69, 9.17) is 9.47 Å². The van der Waals surface area contributed by atoms with Crippen molar-refractivity contribution >= 4 is 34.5 Å². The first-order valence-corrected chi connectivity index (χ1v) is 11.7. The number of thiophene rings is 1. The third-order valence-corrected chi connectivity index (χ3v) is 5.42. The lowest BCUT2D eigenvalue weighted by Gasteiger charge is -2.19. The van der Waals surface area contributed by atoms with E-state index in [1.807, 2.05) is 43.3 Å². The molecule has 0 saturated carbocycles. The van der Waals surface area contributed by atoms with E-state index in [9.17, 15) is 9.59 Å². The number of likely N-dealkylation sites (N-methyl/N-ethyl adjacent to an activating group) is 1. The lowest BCUT2D eigenvalue weighted by atomic mass is 10.2. The summed E-state index contributed by atoms with van der Waals surface area (Å²) in [6.07, 6.45) is 0. The lowest BCUT2D eigenvalue weighted by molar-refractivity contribution is -0.117. The first kappa shape index (κ1) is 24.3. The summed E-state index contributed by atoms with van der Waals surface area (Å²) in [7, 11) is 1.90. The van der Waals surface area contributed by atoms with Gasteiger partial charge < -0.3 is 20.1 Å². The van der Waals surface area contributed by atoms with Gasteiger partial charge in [-0.2, -0.15) is 11.3 Å². The van der Waals surface area contributed by atoms with E-state index in [1.54, 1.807) is 47.7 Å². The molecule has 2 aromatic carbocycles. The van der Waals surface area contributed by atoms with E-state index in [1.165, 1.54) is 5.56 Å². The van der Waals surface area contributed by atoms with Crippen molar-refractivity contribution in [2.45, 2.75) is 20.4 Å². The molecule has 0 spiro atoms. The third-order valence-electron chi connectivity index (χ3n) is 4.69. The van der Waals surface area contributed by atoms with Crippen molar-refractivity contribution in [2.75, 3.05) is 37.4 Å². The number of carbonyl (C=O) groups excluding carboxylic acids is 2. The van der Waals surface area contributed by atoms with Crippen molar-refractivity contribution in [2.24, 2.45) is 0 Å². The van der Waals surface area contributed by atoms with Crippen LogP contribution in [-0.4, -0.2) is 43.5 Å². The predicted molar refractivity (Wildman–Crippen MR) is 132 cm³/mol. The van der Waals surface area contributed by atoms with Crippen molar-refractivity contribution in [1.82, 2.24) is 4.90 Å². The average Bonchev–Trinajstić information content (AvgIpc) is 3.30. The number of nitrogens with zero attached hydrogens (tertiary/aromatic N) is 1. The minimum Gasteiger partial charge on any atom is -0.492 e. The third kappa shape index (κ3) is 7.06. The Balaban J connectivity index is 1.78. The van der Waals surface area contributed by atoms with Gasteiger partial charge in [0.05, 0.1) is 31.1 Å². The predicted octanol–water partition coefficient (Wildman–Crippen LogP) is 4.87. The lowest BCUT2D eigenvalue weighted by Crippen LogP contribution is -2.29. The fraction of sp³-hybridized carbons (Fsp3) is 0.280. The summed E-state index contributed by atoms with van der Waals surface area (Å²) in [5.41, 5.74) is 2.67. The summed E-state index contributed by atoms with van der Waals surface area (Å²) >= 11 is 1.63. The minimum atomic E-state index is -0.258. The maximum absolute atomic E-state index is 12.7. The molecule has 0 bridgehead atoms. The van der Waals surface area contributed by atoms with Gasteiger partial charge in [-0.1, -0.05) is 18.2 Å². The molecule has 0 atom stereocenters. The number of benzene rings is 2. The summed E-state index contributed by atoms with van der Waals surface area (Å²) in [5, 5.41) is 9.89. The Kier molecular flexibility index (Phi) is 8.86. The van der Waals surface area contributed by atoms with E-state index in [0.29, 0.717) is 48.2 Å². The standard InChI is InChI=1S/C25H29N3O4S/c1-4-31-22-14-21(27-25(30)19-9-7-6-8-10-19)23(32-5-2)13-20(22)26-24(29)16-28(3)15-18-11-12-33-17-18/h6-14,17H,4-5,15-16H2,1-3H3,(H,26,29)(H,27,30). The smallest absolute Gasteiger partial charge is 0.255 e. The van der Waals surface area contributed by atoms with Crippen molar-refractivity contribution in [1.29, 1.82) is 0 Å². The Morgan fingerprint density at radius 1 is 0.939 bits per heavy atom. The molecule has 1 aromatic heterocycles. The van der Waals surface area contributed by atoms with Gasteiger partial charge in [-0.05, 0) is 55.4 Å². The van der Waals surface area contributed by atoms with Crippen LogP contribution in [0.5, 0.6) is 11.5 Å². The zero-order valence-electron chi connectivity index (χ0n) is 19.1. The Hall–Kier alpha value is -3.36. The molecule has 7 nitrogen and oxygen atoms in total. The van der Waals surface area contributed by atoms with Crippen LogP contribution < -0.4 is 20.1 Å². The molecule has 0 aliphatic heterocycles. The van der Waals surface area contributed by atoms with Gasteiger partial charge in [0.2, 0.25) is 5.91 Å². The highest BCUT2D eigenvalue weighted by Crippen LogP contribution is 2.37. The van der Waals surface area contributed by atoms with Gasteiger partial charge in [-0.15, -0.1) is 0 Å². The fourth-order valence-corrected chi connectivity index (χ4v) is 3.93. The molecule has 174 valence electrons. The maximum Gasteiger partial charge on any atom is 0.255 e. The summed E-state index contributed by atoms with van der Waals surface area (Å²) < 4.78 is 11.5. The monoisotopic (exact) mass is 467 g/mol. The molecule has 0 radical (unpaired) electrons. The number of rotatable bonds is 11. The van der Waals surface area contributed by atoms with E-state index >= 15 is 0 Å². The SMILES string of the molecule is CCOc1cc(NC(=O)c2ccccc2)c(OCC)cc1NC(=O)CN(C)Cc1ccsc1. The van der Waals surface area contributed by atoms with Crippen LogP contribution in [0, 0.1) is 0 Å². The number of anilines is 2. The molecule has 1 heterocycles. The molecular formula is C25H29N3O4S. The molecular weight excluding hydrogens is 438 g/mol. The van der Waals surface area contributed by atoms with Crippen LogP contribution in [0.4, 0.5) is 11.4 Å². The molecule has 3 aromatic rings. The molecule has 33 heavy (non-hydrogen) atoms. The average molecular weight is 468 g/mol. The highest BCUT2D eigenvalue weighted by molar-refractivity contribution is 7.07. The number of hydrogen-bond acceptors (Lipinski definition) is 6. The zero-order chi connectivity index (χ0) is 23.6. The Morgan fingerprint density at radius 2 is 1.58 bits per heavy atom. The molecule has 0 aliphatic rings. The van der Waals surface area contributed by atoms with Gasteiger partial charge in [0.25, 0.3) is 5.91 Å². The Labute approximate surface area is 198 Å². The quantitative estimate of drug-likeness (QED) is 0.421. The molecule has 0 aliphatic carbocycles. The number of amides is 2. The molecule has 2 amide bonds. The molecule has 8 heteroatoms. The molecule has 0 unspecified atom stereocenters. The largest absolute Gasteiger partial charge is 0.492 e. The van der Waals surface area contributed by atoms with Gasteiger partial charge in [-0.25, -0.2) is 0 Å². The second-order valence-electron chi connectivity index (χ2n) is 7.38. The summed E-state index contributed by atoms with van der Waals surface area (Å²) in [4.78, 5) is 27.3. The van der Waals surface area contributed by atoms with Crippen LogP contribution in [0.25, 0.3) is 0 Å². The van der Waals surface area contributed by atoms with Gasteiger partial charge in [-0.3, -0.25) is 14.5 Å². The Morgan fingerprint density at radius 3 is 2.15 bits per heavy atom. The summed E-state index contributed by atoms with van der Waals surface area (Å²) in [5.74, 6) is 0.480. The fourth-order valence-electron chi connectivity index (χ4n) is 3.27. The molecule has 0 fully saturated rings. The van der Waals surface area contributed by atoms with E-state index in [0.717, 1.165) is 0 Å². The van der Waals surface area contributed by atoms with E-state index in [-0.39, 0.29) is 18.4 Å². The van der Waals surface area contributed by atoms with Crippen LogP contribution in [0.15, 0.2) is 59.3 Å². The summed E-state index contributed by atoms with van der Waals surface area (Å²) in [6, 6.07) is 14.3. The summed E-state index contributed by atoms with van der Waals surface area (Å²) in [6.45, 7) is 5.43. The van der Waals surface area contributed by atoms with E-state index < -0.39 is 0 Å². The number of nitrogens with one attached hydrogen (secondary N) is 2. The van der Waals surface area contributed by atoms with Crippen LogP contribution >= 0.6 is 11.3 Å². The van der Waals surface area contributed by atoms with Crippen LogP contribution in [-0.2, 0) is 11.3 Å². The minimum absolute atomic E-state index is 0.169. The van der Waals surface area contributed by atoms with Crippen molar-refractivity contribution in [3.05, 3.63) is 70.4 Å². The number of carbonyl (C=O) groups is 2. The topological polar surface area (TPSA) is 79.9 Å². The molecule has 0 saturated heterocycles. The first-order valence-electron chi connectivity index (χ1n) is 10.8. The Bertz CT molecular complexity index is 1060. The number of hydrogen-bond donors (Lipinski definition) is 2. The number of ether oxygens (including phenoxy) is 2.